The van der Waals surface area contributed by atoms with Crippen molar-refractivity contribution in [3.8, 4) is 0 Å². The summed E-state index contributed by atoms with van der Waals surface area (Å²) in [5.74, 6) is 0. The molecule has 0 aromatic carbocycles. The zero-order valence-electron chi connectivity index (χ0n) is 16.5. The highest BCUT2D eigenvalue weighted by molar-refractivity contribution is 5.26. The lowest BCUT2D eigenvalue weighted by molar-refractivity contribution is 0.368. The number of hydrogen-bond acceptors (Lipinski definition) is 1. The molecule has 0 aliphatic carbocycles. The fraction of sp³-hybridized carbons (Fsp3) is 0.773. The topological polar surface area (TPSA) is 12.9 Å². The van der Waals surface area contributed by atoms with Gasteiger partial charge in [-0.25, -0.2) is 0 Å². The Kier molecular flexibility index (Phi) is 8.29. The monoisotopic (exact) mass is 317 g/mol. The van der Waals surface area contributed by atoms with Crippen LogP contribution in [0.2, 0.25) is 0 Å². The molecule has 1 nitrogen and oxygen atoms in total. The van der Waals surface area contributed by atoms with E-state index in [-0.39, 0.29) is 5.41 Å². The van der Waals surface area contributed by atoms with Gasteiger partial charge in [0.2, 0.25) is 0 Å². The van der Waals surface area contributed by atoms with E-state index < -0.39 is 0 Å². The van der Waals surface area contributed by atoms with E-state index in [2.05, 4.69) is 59.9 Å². The maximum atomic E-state index is 4.95. The minimum absolute atomic E-state index is 0.245. The summed E-state index contributed by atoms with van der Waals surface area (Å²) in [5.41, 5.74) is 3.26. The van der Waals surface area contributed by atoms with Gasteiger partial charge in [0, 0.05) is 17.3 Å². The summed E-state index contributed by atoms with van der Waals surface area (Å²) in [6, 6.07) is 4.69. The summed E-state index contributed by atoms with van der Waals surface area (Å²) >= 11 is 0. The smallest absolute Gasteiger partial charge is 0.0462 e. The van der Waals surface area contributed by atoms with Crippen molar-refractivity contribution >= 4 is 0 Å². The number of unbranched alkanes of at least 4 members (excludes halogenated alkanes) is 1. The first-order valence-electron chi connectivity index (χ1n) is 9.92. The first kappa shape index (κ1) is 20.2. The molecular weight excluding hydrogens is 278 g/mol. The molecule has 1 aromatic heterocycles. The Labute approximate surface area is 145 Å². The summed E-state index contributed by atoms with van der Waals surface area (Å²) in [5, 5.41) is 0. The van der Waals surface area contributed by atoms with Gasteiger partial charge in [0.05, 0.1) is 0 Å². The minimum atomic E-state index is 0.245. The van der Waals surface area contributed by atoms with Crippen LogP contribution in [-0.2, 0) is 10.8 Å². The molecule has 0 saturated carbocycles. The average molecular weight is 318 g/mol. The van der Waals surface area contributed by atoms with Crippen LogP contribution in [-0.4, -0.2) is 4.98 Å². The summed E-state index contributed by atoms with van der Waals surface area (Å²) in [4.78, 5) is 4.95. The molecule has 0 saturated heterocycles. The SMILES string of the molecule is CCCCC(C)(CCC)c1ccc(C(C)(CCC)CCC)cn1. The van der Waals surface area contributed by atoms with Gasteiger partial charge < -0.3 is 0 Å². The summed E-state index contributed by atoms with van der Waals surface area (Å²) < 4.78 is 0. The van der Waals surface area contributed by atoms with E-state index in [1.807, 2.05) is 0 Å². The zero-order chi connectivity index (χ0) is 17.3. The highest BCUT2D eigenvalue weighted by Gasteiger charge is 2.29. The molecule has 0 aliphatic rings. The van der Waals surface area contributed by atoms with E-state index in [0.717, 1.165) is 0 Å². The average Bonchev–Trinajstić information content (AvgIpc) is 2.54. The Balaban J connectivity index is 3.04. The zero-order valence-corrected chi connectivity index (χ0v) is 16.5. The number of pyridine rings is 1. The second kappa shape index (κ2) is 9.45. The Morgan fingerprint density at radius 1 is 0.739 bits per heavy atom. The fourth-order valence-electron chi connectivity index (χ4n) is 4.12. The maximum absolute atomic E-state index is 4.95. The summed E-state index contributed by atoms with van der Waals surface area (Å²) in [6.45, 7) is 14.0. The van der Waals surface area contributed by atoms with Gasteiger partial charge in [-0.3, -0.25) is 4.98 Å². The van der Waals surface area contributed by atoms with E-state index in [1.165, 1.54) is 69.0 Å². The molecule has 0 N–H and O–H groups in total. The van der Waals surface area contributed by atoms with Crippen LogP contribution < -0.4 is 0 Å². The van der Waals surface area contributed by atoms with Gasteiger partial charge in [-0.05, 0) is 42.7 Å². The van der Waals surface area contributed by atoms with Crippen LogP contribution in [0.25, 0.3) is 0 Å². The largest absolute Gasteiger partial charge is 0.260 e. The van der Waals surface area contributed by atoms with Crippen LogP contribution in [0.4, 0.5) is 0 Å². The van der Waals surface area contributed by atoms with Gasteiger partial charge in [0.15, 0.2) is 0 Å². The van der Waals surface area contributed by atoms with Crippen molar-refractivity contribution < 1.29 is 0 Å². The van der Waals surface area contributed by atoms with E-state index in [0.29, 0.717) is 5.41 Å². The van der Waals surface area contributed by atoms with Crippen LogP contribution in [0.1, 0.15) is 111 Å². The first-order chi connectivity index (χ1) is 11.0. The second-order valence-corrected chi connectivity index (χ2v) is 7.91. The van der Waals surface area contributed by atoms with Crippen LogP contribution >= 0.6 is 0 Å². The van der Waals surface area contributed by atoms with E-state index in [4.69, 9.17) is 4.98 Å². The lowest BCUT2D eigenvalue weighted by atomic mass is 9.74. The van der Waals surface area contributed by atoms with Gasteiger partial charge in [-0.1, -0.05) is 79.7 Å². The Morgan fingerprint density at radius 2 is 1.30 bits per heavy atom. The molecule has 0 amide bonds. The molecule has 1 heteroatoms. The highest BCUT2D eigenvalue weighted by Crippen LogP contribution is 2.36. The van der Waals surface area contributed by atoms with Crippen molar-refractivity contribution in [2.45, 2.75) is 110 Å². The lowest BCUT2D eigenvalue weighted by Gasteiger charge is -2.32. The van der Waals surface area contributed by atoms with Crippen molar-refractivity contribution in [3.63, 3.8) is 0 Å². The van der Waals surface area contributed by atoms with E-state index >= 15 is 0 Å². The third-order valence-electron chi connectivity index (χ3n) is 5.57. The van der Waals surface area contributed by atoms with E-state index in [1.54, 1.807) is 0 Å². The van der Waals surface area contributed by atoms with Crippen LogP contribution in [0.3, 0.4) is 0 Å². The van der Waals surface area contributed by atoms with Gasteiger partial charge in [-0.2, -0.15) is 0 Å². The summed E-state index contributed by atoms with van der Waals surface area (Å²) in [6.07, 6.45) is 13.4. The lowest BCUT2D eigenvalue weighted by Crippen LogP contribution is -2.25. The van der Waals surface area contributed by atoms with Gasteiger partial charge in [-0.15, -0.1) is 0 Å². The molecule has 1 atom stereocenters. The third-order valence-corrected chi connectivity index (χ3v) is 5.57. The normalized spacial score (nSPS) is 14.7. The quantitative estimate of drug-likeness (QED) is 0.421. The highest BCUT2D eigenvalue weighted by atomic mass is 14.7. The molecule has 0 aliphatic heterocycles. The number of nitrogens with zero attached hydrogens (tertiary/aromatic N) is 1. The molecule has 132 valence electrons. The fourth-order valence-corrected chi connectivity index (χ4v) is 4.12. The molecule has 1 rings (SSSR count). The van der Waals surface area contributed by atoms with Crippen molar-refractivity contribution in [1.29, 1.82) is 0 Å². The minimum Gasteiger partial charge on any atom is -0.260 e. The molecule has 0 radical (unpaired) electrons. The molecule has 1 unspecified atom stereocenters. The molecule has 0 bridgehead atoms. The summed E-state index contributed by atoms with van der Waals surface area (Å²) in [7, 11) is 0. The standard InChI is InChI=1S/C22H39N/c1-7-11-17-22(6,16-10-4)20-13-12-19(18-23-20)21(5,14-8-2)15-9-3/h12-13,18H,7-11,14-17H2,1-6H3. The van der Waals surface area contributed by atoms with Gasteiger partial charge in [0.25, 0.3) is 0 Å². The van der Waals surface area contributed by atoms with Crippen LogP contribution in [0, 0.1) is 0 Å². The molecule has 23 heavy (non-hydrogen) atoms. The molecule has 0 spiro atoms. The Hall–Kier alpha value is -0.850. The van der Waals surface area contributed by atoms with Crippen molar-refractivity contribution in [1.82, 2.24) is 4.98 Å². The molecule has 1 aromatic rings. The van der Waals surface area contributed by atoms with Crippen molar-refractivity contribution in [3.05, 3.63) is 29.6 Å². The van der Waals surface area contributed by atoms with Crippen molar-refractivity contribution in [2.75, 3.05) is 0 Å². The molecule has 0 fully saturated rings. The number of aromatic nitrogens is 1. The Morgan fingerprint density at radius 3 is 1.74 bits per heavy atom. The van der Waals surface area contributed by atoms with Gasteiger partial charge >= 0.3 is 0 Å². The third kappa shape index (κ3) is 5.33. The molecular formula is C22H39N. The van der Waals surface area contributed by atoms with E-state index in [9.17, 15) is 0 Å². The number of rotatable bonds is 11. The second-order valence-electron chi connectivity index (χ2n) is 7.91. The van der Waals surface area contributed by atoms with Gasteiger partial charge in [0.1, 0.15) is 0 Å². The predicted molar refractivity (Wildman–Crippen MR) is 103 cm³/mol. The van der Waals surface area contributed by atoms with Crippen LogP contribution in [0.15, 0.2) is 18.3 Å². The first-order valence-corrected chi connectivity index (χ1v) is 9.92. The Bertz CT molecular complexity index is 428. The maximum Gasteiger partial charge on any atom is 0.0462 e. The van der Waals surface area contributed by atoms with Crippen molar-refractivity contribution in [2.24, 2.45) is 0 Å². The van der Waals surface area contributed by atoms with Crippen LogP contribution in [0.5, 0.6) is 0 Å². The number of hydrogen-bond donors (Lipinski definition) is 0. The predicted octanol–water partition coefficient (Wildman–Crippen LogP) is 7.19. The molecule has 1 heterocycles.